The summed E-state index contributed by atoms with van der Waals surface area (Å²) in [5.74, 6) is -0.323. The van der Waals surface area contributed by atoms with E-state index in [-0.39, 0.29) is 5.91 Å². The molecule has 3 N–H and O–H groups in total. The quantitative estimate of drug-likeness (QED) is 0.441. The Hall–Kier alpha value is -1.86. The molecule has 1 aromatic heterocycles. The second-order valence-corrected chi connectivity index (χ2v) is 8.70. The number of thiophene rings is 1. The Morgan fingerprint density at radius 3 is 2.61 bits per heavy atom. The molecule has 2 rings (SSSR count). The first-order valence-electron chi connectivity index (χ1n) is 9.54. The maximum Gasteiger partial charge on any atom is 0.260 e. The average molecular weight is 467 g/mol. The van der Waals surface area contributed by atoms with Gasteiger partial charge in [-0.15, -0.1) is 11.3 Å². The molecule has 2 aromatic rings. The summed E-state index contributed by atoms with van der Waals surface area (Å²) in [5.41, 5.74) is 7.27. The van der Waals surface area contributed by atoms with Crippen LogP contribution in [-0.2, 0) is 6.42 Å². The third-order valence-electron chi connectivity index (χ3n) is 4.48. The minimum atomic E-state index is -0.530. The highest BCUT2D eigenvalue weighted by Crippen LogP contribution is 2.34. The van der Waals surface area contributed by atoms with Crippen molar-refractivity contribution in [2.75, 3.05) is 11.9 Å². The van der Waals surface area contributed by atoms with Crippen LogP contribution < -0.4 is 15.8 Å². The first-order valence-corrected chi connectivity index (χ1v) is 11.2. The summed E-state index contributed by atoms with van der Waals surface area (Å²) in [6.45, 7) is 6.61. The molecule has 0 radical (unpaired) electrons. The van der Waals surface area contributed by atoms with E-state index in [1.807, 2.05) is 19.9 Å². The molecule has 0 saturated carbocycles. The van der Waals surface area contributed by atoms with E-state index in [0.717, 1.165) is 34.2 Å². The van der Waals surface area contributed by atoms with Crippen molar-refractivity contribution in [3.63, 3.8) is 0 Å². The van der Waals surface area contributed by atoms with Gasteiger partial charge < -0.3 is 15.8 Å². The molecule has 0 unspecified atom stereocenters. The molecule has 0 bridgehead atoms. The molecular weight excluding hydrogens is 440 g/mol. The van der Waals surface area contributed by atoms with Crippen molar-refractivity contribution in [1.29, 1.82) is 0 Å². The standard InChI is InChI=1S/C21H27BrN2O3S/c1-4-6-7-8-11-27-17-10-9-14(22)12-16(17)20(26)24-21-18(19(23)25)15(5-2)13(3)28-21/h9-10,12H,4-8,11H2,1-3H3,(H2,23,25)(H,24,26). The van der Waals surface area contributed by atoms with Gasteiger partial charge >= 0.3 is 0 Å². The summed E-state index contributed by atoms with van der Waals surface area (Å²) >= 11 is 4.78. The number of ether oxygens (including phenoxy) is 1. The van der Waals surface area contributed by atoms with E-state index in [1.165, 1.54) is 17.8 Å². The number of rotatable bonds is 10. The van der Waals surface area contributed by atoms with Gasteiger partial charge in [0, 0.05) is 9.35 Å². The Kier molecular flexibility index (Phi) is 8.51. The second kappa shape index (κ2) is 10.6. The third kappa shape index (κ3) is 5.58. The minimum Gasteiger partial charge on any atom is -0.493 e. The van der Waals surface area contributed by atoms with E-state index < -0.39 is 5.91 Å². The summed E-state index contributed by atoms with van der Waals surface area (Å²) in [6.07, 6.45) is 5.06. The monoisotopic (exact) mass is 466 g/mol. The van der Waals surface area contributed by atoms with Crippen LogP contribution in [0, 0.1) is 6.92 Å². The number of benzene rings is 1. The van der Waals surface area contributed by atoms with Crippen molar-refractivity contribution in [3.8, 4) is 5.75 Å². The van der Waals surface area contributed by atoms with Crippen molar-refractivity contribution in [2.24, 2.45) is 5.73 Å². The van der Waals surface area contributed by atoms with Crippen LogP contribution >= 0.6 is 27.3 Å². The van der Waals surface area contributed by atoms with Gasteiger partial charge in [-0.2, -0.15) is 0 Å². The van der Waals surface area contributed by atoms with E-state index in [1.54, 1.807) is 12.1 Å². The Balaban J connectivity index is 2.22. The van der Waals surface area contributed by atoms with Crippen LogP contribution in [0.3, 0.4) is 0 Å². The van der Waals surface area contributed by atoms with E-state index in [9.17, 15) is 9.59 Å². The van der Waals surface area contributed by atoms with Crippen LogP contribution in [0.15, 0.2) is 22.7 Å². The van der Waals surface area contributed by atoms with E-state index in [4.69, 9.17) is 10.5 Å². The Bertz CT molecular complexity index is 848. The van der Waals surface area contributed by atoms with Crippen LogP contribution in [-0.4, -0.2) is 18.4 Å². The van der Waals surface area contributed by atoms with Gasteiger partial charge in [0.05, 0.1) is 17.7 Å². The van der Waals surface area contributed by atoms with Crippen LogP contribution in [0.2, 0.25) is 0 Å². The molecule has 1 heterocycles. The Labute approximate surface area is 178 Å². The zero-order chi connectivity index (χ0) is 20.7. The molecular formula is C21H27BrN2O3S. The van der Waals surface area contributed by atoms with Gasteiger partial charge in [0.15, 0.2) is 0 Å². The summed E-state index contributed by atoms with van der Waals surface area (Å²) in [5, 5.41) is 3.35. The fraction of sp³-hybridized carbons (Fsp3) is 0.429. The molecule has 1 aromatic carbocycles. The predicted octanol–water partition coefficient (Wildman–Crippen LogP) is 5.69. The molecule has 7 heteroatoms. The number of anilines is 1. The molecule has 0 atom stereocenters. The fourth-order valence-electron chi connectivity index (χ4n) is 3.04. The van der Waals surface area contributed by atoms with Crippen LogP contribution in [0.5, 0.6) is 5.75 Å². The van der Waals surface area contributed by atoms with Gasteiger partial charge in [0.1, 0.15) is 10.8 Å². The Morgan fingerprint density at radius 2 is 1.96 bits per heavy atom. The number of halogens is 1. The lowest BCUT2D eigenvalue weighted by molar-refractivity contribution is 0.100. The van der Waals surface area contributed by atoms with Crippen molar-refractivity contribution in [2.45, 2.75) is 52.9 Å². The normalized spacial score (nSPS) is 10.7. The van der Waals surface area contributed by atoms with Crippen LogP contribution in [0.4, 0.5) is 5.00 Å². The summed E-state index contributed by atoms with van der Waals surface area (Å²) in [4.78, 5) is 25.9. The third-order valence-corrected chi connectivity index (χ3v) is 6.03. The van der Waals surface area contributed by atoms with Gasteiger partial charge in [-0.05, 0) is 43.5 Å². The average Bonchev–Trinajstić information content (AvgIpc) is 2.97. The van der Waals surface area contributed by atoms with Crippen LogP contribution in [0.25, 0.3) is 0 Å². The Morgan fingerprint density at radius 1 is 1.21 bits per heavy atom. The molecule has 152 valence electrons. The molecule has 28 heavy (non-hydrogen) atoms. The molecule has 0 fully saturated rings. The number of nitrogens with two attached hydrogens (primary N) is 1. The maximum atomic E-state index is 12.9. The predicted molar refractivity (Wildman–Crippen MR) is 119 cm³/mol. The molecule has 0 spiro atoms. The zero-order valence-corrected chi connectivity index (χ0v) is 19.0. The number of primary amides is 1. The summed E-state index contributed by atoms with van der Waals surface area (Å²) < 4.78 is 6.64. The molecule has 2 amide bonds. The minimum absolute atomic E-state index is 0.323. The van der Waals surface area contributed by atoms with Gasteiger partial charge in [-0.1, -0.05) is 49.0 Å². The number of aryl methyl sites for hydroxylation is 1. The summed E-state index contributed by atoms with van der Waals surface area (Å²) in [7, 11) is 0. The molecule has 0 aliphatic rings. The van der Waals surface area contributed by atoms with Crippen LogP contribution in [0.1, 0.15) is 70.7 Å². The molecule has 5 nitrogen and oxygen atoms in total. The van der Waals surface area contributed by atoms with Crippen molar-refractivity contribution in [1.82, 2.24) is 0 Å². The highest BCUT2D eigenvalue weighted by molar-refractivity contribution is 9.10. The SMILES string of the molecule is CCCCCCOc1ccc(Br)cc1C(=O)Nc1sc(C)c(CC)c1C(N)=O. The zero-order valence-electron chi connectivity index (χ0n) is 16.6. The number of hydrogen-bond acceptors (Lipinski definition) is 4. The van der Waals surface area contributed by atoms with E-state index >= 15 is 0 Å². The smallest absolute Gasteiger partial charge is 0.260 e. The highest BCUT2D eigenvalue weighted by atomic mass is 79.9. The molecule has 0 aliphatic carbocycles. The molecule has 0 aliphatic heterocycles. The lowest BCUT2D eigenvalue weighted by Gasteiger charge is -2.12. The first-order chi connectivity index (χ1) is 13.4. The number of hydrogen-bond donors (Lipinski definition) is 2. The van der Waals surface area contributed by atoms with Gasteiger partial charge in [-0.3, -0.25) is 9.59 Å². The largest absolute Gasteiger partial charge is 0.493 e. The van der Waals surface area contributed by atoms with E-state index in [2.05, 4.69) is 28.2 Å². The number of unbranched alkanes of at least 4 members (excludes halogenated alkanes) is 3. The lowest BCUT2D eigenvalue weighted by Crippen LogP contribution is -2.18. The van der Waals surface area contributed by atoms with Gasteiger partial charge in [-0.25, -0.2) is 0 Å². The second-order valence-electron chi connectivity index (χ2n) is 6.56. The first kappa shape index (κ1) is 22.4. The highest BCUT2D eigenvalue weighted by Gasteiger charge is 2.22. The number of carbonyl (C=O) groups excluding carboxylic acids is 2. The number of amides is 2. The summed E-state index contributed by atoms with van der Waals surface area (Å²) in [6, 6.07) is 5.35. The van der Waals surface area contributed by atoms with Crippen molar-refractivity contribution >= 4 is 44.1 Å². The fourth-order valence-corrected chi connectivity index (χ4v) is 4.55. The molecule has 0 saturated heterocycles. The topological polar surface area (TPSA) is 81.4 Å². The van der Waals surface area contributed by atoms with Crippen molar-refractivity contribution in [3.05, 3.63) is 44.2 Å². The van der Waals surface area contributed by atoms with Gasteiger partial charge in [0.2, 0.25) is 0 Å². The number of carbonyl (C=O) groups is 2. The lowest BCUT2D eigenvalue weighted by atomic mass is 10.1. The van der Waals surface area contributed by atoms with E-state index in [0.29, 0.717) is 34.9 Å². The van der Waals surface area contributed by atoms with Gasteiger partial charge in [0.25, 0.3) is 11.8 Å². The number of nitrogens with one attached hydrogen (secondary N) is 1. The maximum absolute atomic E-state index is 12.9. The van der Waals surface area contributed by atoms with Crippen molar-refractivity contribution < 1.29 is 14.3 Å².